The van der Waals surface area contributed by atoms with Gasteiger partial charge >= 0.3 is 0 Å². The van der Waals surface area contributed by atoms with Crippen molar-refractivity contribution in [3.8, 4) is 0 Å². The lowest BCUT2D eigenvalue weighted by atomic mass is 9.89. The molecule has 70 valence electrons. The summed E-state index contributed by atoms with van der Waals surface area (Å²) in [6, 6.07) is 0.708. The van der Waals surface area contributed by atoms with E-state index in [9.17, 15) is 0 Å². The first kappa shape index (κ1) is 9.75. The van der Waals surface area contributed by atoms with Crippen LogP contribution in [-0.2, 0) is 4.74 Å². The standard InChI is InChI=1S/C10H19NO/c1-3-4-5-6-11-9-7-10(8-9)12-2/h3,9-11H,1,4-8H2,2H3. The molecule has 0 aliphatic heterocycles. The minimum absolute atomic E-state index is 0.516. The molecule has 1 aliphatic rings. The maximum atomic E-state index is 5.19. The van der Waals surface area contributed by atoms with Crippen molar-refractivity contribution >= 4 is 0 Å². The summed E-state index contributed by atoms with van der Waals surface area (Å²) in [4.78, 5) is 0. The highest BCUT2D eigenvalue weighted by Crippen LogP contribution is 2.22. The minimum Gasteiger partial charge on any atom is -0.381 e. The molecule has 0 aromatic heterocycles. The van der Waals surface area contributed by atoms with Crippen LogP contribution in [0.1, 0.15) is 25.7 Å². The van der Waals surface area contributed by atoms with Gasteiger partial charge in [0.05, 0.1) is 6.10 Å². The Morgan fingerprint density at radius 3 is 2.92 bits per heavy atom. The summed E-state index contributed by atoms with van der Waals surface area (Å²) in [5.41, 5.74) is 0. The number of rotatable bonds is 6. The van der Waals surface area contributed by atoms with Crippen LogP contribution in [0.3, 0.4) is 0 Å². The van der Waals surface area contributed by atoms with Crippen LogP contribution in [0.2, 0.25) is 0 Å². The molecule has 1 saturated carbocycles. The molecule has 1 fully saturated rings. The van der Waals surface area contributed by atoms with Crippen LogP contribution in [0.25, 0.3) is 0 Å². The average Bonchev–Trinajstić information content (AvgIpc) is 2.01. The van der Waals surface area contributed by atoms with E-state index in [0.717, 1.165) is 13.0 Å². The summed E-state index contributed by atoms with van der Waals surface area (Å²) in [6.45, 7) is 4.81. The zero-order chi connectivity index (χ0) is 8.81. The van der Waals surface area contributed by atoms with E-state index < -0.39 is 0 Å². The van der Waals surface area contributed by atoms with Crippen LogP contribution < -0.4 is 5.32 Å². The lowest BCUT2D eigenvalue weighted by Crippen LogP contribution is -2.45. The summed E-state index contributed by atoms with van der Waals surface area (Å²) in [5, 5.41) is 3.49. The Labute approximate surface area is 75.0 Å². The zero-order valence-corrected chi connectivity index (χ0v) is 7.88. The molecule has 0 heterocycles. The first-order chi connectivity index (χ1) is 5.86. The first-order valence-corrected chi connectivity index (χ1v) is 4.74. The van der Waals surface area contributed by atoms with Crippen molar-refractivity contribution in [2.75, 3.05) is 13.7 Å². The quantitative estimate of drug-likeness (QED) is 0.483. The van der Waals surface area contributed by atoms with Crippen molar-refractivity contribution in [1.29, 1.82) is 0 Å². The molecule has 12 heavy (non-hydrogen) atoms. The molecular formula is C10H19NO. The van der Waals surface area contributed by atoms with Crippen LogP contribution in [0, 0.1) is 0 Å². The Morgan fingerprint density at radius 1 is 1.58 bits per heavy atom. The summed E-state index contributed by atoms with van der Waals surface area (Å²) in [7, 11) is 1.79. The number of hydrogen-bond donors (Lipinski definition) is 1. The molecule has 0 unspecified atom stereocenters. The predicted molar refractivity (Wildman–Crippen MR) is 51.3 cm³/mol. The average molecular weight is 169 g/mol. The van der Waals surface area contributed by atoms with Gasteiger partial charge in [-0.3, -0.25) is 0 Å². The Bertz CT molecular complexity index is 130. The van der Waals surface area contributed by atoms with Gasteiger partial charge in [0.25, 0.3) is 0 Å². The molecule has 0 atom stereocenters. The maximum absolute atomic E-state index is 5.19. The number of unbranched alkanes of at least 4 members (excludes halogenated alkanes) is 1. The highest BCUT2D eigenvalue weighted by molar-refractivity contribution is 4.85. The molecule has 0 radical (unpaired) electrons. The van der Waals surface area contributed by atoms with Crippen LogP contribution in [0.5, 0.6) is 0 Å². The molecule has 0 amide bonds. The Balaban J connectivity index is 1.86. The highest BCUT2D eigenvalue weighted by atomic mass is 16.5. The van der Waals surface area contributed by atoms with Gasteiger partial charge < -0.3 is 10.1 Å². The van der Waals surface area contributed by atoms with Crippen LogP contribution in [0.4, 0.5) is 0 Å². The third-order valence-electron chi connectivity index (χ3n) is 2.45. The van der Waals surface area contributed by atoms with E-state index in [1.807, 2.05) is 6.08 Å². The van der Waals surface area contributed by atoms with Gasteiger partial charge in [0.1, 0.15) is 0 Å². The van der Waals surface area contributed by atoms with E-state index in [4.69, 9.17) is 4.74 Å². The molecule has 0 spiro atoms. The number of nitrogens with one attached hydrogen (secondary N) is 1. The normalized spacial score (nSPS) is 28.1. The van der Waals surface area contributed by atoms with E-state index in [1.54, 1.807) is 7.11 Å². The predicted octanol–water partition coefficient (Wildman–Crippen LogP) is 1.72. The van der Waals surface area contributed by atoms with Gasteiger partial charge in [-0.2, -0.15) is 0 Å². The summed E-state index contributed by atoms with van der Waals surface area (Å²) in [6.07, 6.45) is 7.18. The molecule has 2 heteroatoms. The summed E-state index contributed by atoms with van der Waals surface area (Å²) < 4.78 is 5.19. The molecule has 2 nitrogen and oxygen atoms in total. The van der Waals surface area contributed by atoms with Crippen molar-refractivity contribution in [3.05, 3.63) is 12.7 Å². The second kappa shape index (κ2) is 5.33. The van der Waals surface area contributed by atoms with Crippen molar-refractivity contribution in [2.24, 2.45) is 0 Å². The largest absolute Gasteiger partial charge is 0.381 e. The third kappa shape index (κ3) is 2.95. The van der Waals surface area contributed by atoms with Crippen molar-refractivity contribution in [3.63, 3.8) is 0 Å². The van der Waals surface area contributed by atoms with E-state index in [2.05, 4.69) is 11.9 Å². The Morgan fingerprint density at radius 2 is 2.33 bits per heavy atom. The van der Waals surface area contributed by atoms with Gasteiger partial charge in [0.2, 0.25) is 0 Å². The second-order valence-corrected chi connectivity index (χ2v) is 3.41. The first-order valence-electron chi connectivity index (χ1n) is 4.74. The molecule has 1 aliphatic carbocycles. The SMILES string of the molecule is C=CCCCNC1CC(OC)C1. The van der Waals surface area contributed by atoms with Gasteiger partial charge in [0, 0.05) is 13.2 Å². The maximum Gasteiger partial charge on any atom is 0.0601 e. The number of methoxy groups -OCH3 is 1. The topological polar surface area (TPSA) is 21.3 Å². The second-order valence-electron chi connectivity index (χ2n) is 3.41. The van der Waals surface area contributed by atoms with E-state index in [1.165, 1.54) is 19.3 Å². The zero-order valence-electron chi connectivity index (χ0n) is 7.88. The van der Waals surface area contributed by atoms with Crippen LogP contribution >= 0.6 is 0 Å². The highest BCUT2D eigenvalue weighted by Gasteiger charge is 2.27. The smallest absolute Gasteiger partial charge is 0.0601 e. The van der Waals surface area contributed by atoms with Crippen molar-refractivity contribution in [1.82, 2.24) is 5.32 Å². The summed E-state index contributed by atoms with van der Waals surface area (Å²) in [5.74, 6) is 0. The molecule has 0 bridgehead atoms. The van der Waals surface area contributed by atoms with Crippen LogP contribution in [0.15, 0.2) is 12.7 Å². The molecule has 0 aromatic carbocycles. The Hall–Kier alpha value is -0.340. The van der Waals surface area contributed by atoms with Gasteiger partial charge in [0.15, 0.2) is 0 Å². The molecule has 0 aromatic rings. The van der Waals surface area contributed by atoms with Crippen molar-refractivity contribution < 1.29 is 4.74 Å². The monoisotopic (exact) mass is 169 g/mol. The van der Waals surface area contributed by atoms with Crippen LogP contribution in [-0.4, -0.2) is 25.8 Å². The van der Waals surface area contributed by atoms with Crippen molar-refractivity contribution in [2.45, 2.75) is 37.8 Å². The minimum atomic E-state index is 0.516. The number of ether oxygens (including phenoxy) is 1. The lowest BCUT2D eigenvalue weighted by Gasteiger charge is -2.34. The number of hydrogen-bond acceptors (Lipinski definition) is 2. The van der Waals surface area contributed by atoms with E-state index >= 15 is 0 Å². The molecule has 0 saturated heterocycles. The number of allylic oxidation sites excluding steroid dienone is 1. The van der Waals surface area contributed by atoms with E-state index in [0.29, 0.717) is 12.1 Å². The van der Waals surface area contributed by atoms with Gasteiger partial charge in [-0.1, -0.05) is 6.08 Å². The van der Waals surface area contributed by atoms with E-state index in [-0.39, 0.29) is 0 Å². The van der Waals surface area contributed by atoms with Gasteiger partial charge in [-0.05, 0) is 32.2 Å². The fraction of sp³-hybridized carbons (Fsp3) is 0.800. The van der Waals surface area contributed by atoms with Gasteiger partial charge in [-0.15, -0.1) is 6.58 Å². The van der Waals surface area contributed by atoms with Gasteiger partial charge in [-0.25, -0.2) is 0 Å². The molecule has 1 rings (SSSR count). The lowest BCUT2D eigenvalue weighted by molar-refractivity contribution is 0.0175. The summed E-state index contributed by atoms with van der Waals surface area (Å²) >= 11 is 0. The Kier molecular flexibility index (Phi) is 4.33. The fourth-order valence-electron chi connectivity index (χ4n) is 1.48. The fourth-order valence-corrected chi connectivity index (χ4v) is 1.48. The third-order valence-corrected chi connectivity index (χ3v) is 2.45. The molecule has 1 N–H and O–H groups in total. The molecular weight excluding hydrogens is 150 g/mol.